The molecule has 2 aromatic rings. The van der Waals surface area contributed by atoms with Crippen molar-refractivity contribution in [2.24, 2.45) is 0 Å². The van der Waals surface area contributed by atoms with Gasteiger partial charge in [-0.05, 0) is 26.0 Å². The van der Waals surface area contributed by atoms with Gasteiger partial charge in [0, 0.05) is 18.3 Å². The molecule has 23 heavy (non-hydrogen) atoms. The third-order valence-electron chi connectivity index (χ3n) is 3.66. The third kappa shape index (κ3) is 3.39. The Bertz CT molecular complexity index is 753. The maximum atomic E-state index is 12.4. The molecule has 1 aliphatic heterocycles. The van der Waals surface area contributed by atoms with Crippen LogP contribution in [-0.2, 0) is 16.6 Å². The van der Waals surface area contributed by atoms with Gasteiger partial charge in [0.25, 0.3) is 5.89 Å². The van der Waals surface area contributed by atoms with Gasteiger partial charge in [-0.15, -0.1) is 10.2 Å². The number of pyridine rings is 1. The number of nitrogens with zero attached hydrogens (tertiary/aromatic N) is 3. The van der Waals surface area contributed by atoms with Crippen molar-refractivity contribution < 1.29 is 12.8 Å². The first-order valence-electron chi connectivity index (χ1n) is 7.20. The summed E-state index contributed by atoms with van der Waals surface area (Å²) in [7, 11) is -3.53. The minimum absolute atomic E-state index is 0.0574. The van der Waals surface area contributed by atoms with Crippen LogP contribution in [0.1, 0.15) is 19.7 Å². The van der Waals surface area contributed by atoms with Crippen LogP contribution in [0, 0.1) is 0 Å². The Morgan fingerprint density at radius 1 is 1.22 bits per heavy atom. The van der Waals surface area contributed by atoms with Crippen LogP contribution in [0.15, 0.2) is 28.8 Å². The van der Waals surface area contributed by atoms with E-state index >= 15 is 0 Å². The van der Waals surface area contributed by atoms with Crippen LogP contribution in [0.3, 0.4) is 0 Å². The predicted molar refractivity (Wildman–Crippen MR) is 82.3 cm³/mol. The molecule has 3 heterocycles. The predicted octanol–water partition coefficient (Wildman–Crippen LogP) is -0.196. The molecular weight excluding hydrogens is 320 g/mol. The molecule has 0 saturated carbocycles. The van der Waals surface area contributed by atoms with Crippen LogP contribution in [-0.4, -0.2) is 40.9 Å². The topological polar surface area (TPSA) is 122 Å². The molecule has 0 aliphatic carbocycles. The zero-order chi connectivity index (χ0) is 16.4. The first-order chi connectivity index (χ1) is 11.0. The number of hydrogen-bond donors (Lipinski definition) is 3. The minimum Gasteiger partial charge on any atom is -0.418 e. The quantitative estimate of drug-likeness (QED) is 0.685. The maximum absolute atomic E-state index is 12.4. The van der Waals surface area contributed by atoms with Gasteiger partial charge in [-0.25, -0.2) is 13.1 Å². The van der Waals surface area contributed by atoms with Crippen molar-refractivity contribution in [3.8, 4) is 11.6 Å². The van der Waals surface area contributed by atoms with Gasteiger partial charge in [0.2, 0.25) is 15.9 Å². The van der Waals surface area contributed by atoms with Crippen LogP contribution >= 0.6 is 0 Å². The molecular formula is C13H18N6O3S. The molecule has 0 bridgehead atoms. The molecule has 3 rings (SSSR count). The van der Waals surface area contributed by atoms with E-state index in [9.17, 15) is 8.42 Å². The standard InChI is InChI=1S/C13H18N6O3S/c1-8-12(9(2)17-16-8)23(20,21)15-7-11-18-19-13(22-11)10-5-3-4-6-14-10/h3-6,8-9,12,15-17H,7H2,1-2H3. The molecule has 2 atom stereocenters. The van der Waals surface area contributed by atoms with E-state index < -0.39 is 15.3 Å². The lowest BCUT2D eigenvalue weighted by atomic mass is 10.2. The number of hydrazine groups is 1. The Hall–Kier alpha value is -1.88. The van der Waals surface area contributed by atoms with Crippen molar-refractivity contribution in [2.75, 3.05) is 0 Å². The fourth-order valence-corrected chi connectivity index (χ4v) is 4.30. The zero-order valence-electron chi connectivity index (χ0n) is 12.7. The van der Waals surface area contributed by atoms with Crippen molar-refractivity contribution >= 4 is 10.0 Å². The number of rotatable bonds is 5. The monoisotopic (exact) mass is 338 g/mol. The summed E-state index contributed by atoms with van der Waals surface area (Å²) in [5.41, 5.74) is 6.38. The van der Waals surface area contributed by atoms with Crippen LogP contribution in [0.25, 0.3) is 11.6 Å². The summed E-state index contributed by atoms with van der Waals surface area (Å²) < 4.78 is 32.8. The summed E-state index contributed by atoms with van der Waals surface area (Å²) in [6.45, 7) is 3.57. The lowest BCUT2D eigenvalue weighted by Crippen LogP contribution is -2.44. The van der Waals surface area contributed by atoms with Gasteiger partial charge in [0.05, 0.1) is 6.54 Å². The number of hydrogen-bond acceptors (Lipinski definition) is 8. The fourth-order valence-electron chi connectivity index (χ4n) is 2.57. The van der Waals surface area contributed by atoms with Crippen molar-refractivity contribution in [3.05, 3.63) is 30.3 Å². The molecule has 0 radical (unpaired) electrons. The first-order valence-corrected chi connectivity index (χ1v) is 8.75. The molecule has 9 nitrogen and oxygen atoms in total. The summed E-state index contributed by atoms with van der Waals surface area (Å²) in [4.78, 5) is 4.10. The van der Waals surface area contributed by atoms with Gasteiger partial charge >= 0.3 is 0 Å². The molecule has 1 fully saturated rings. The van der Waals surface area contributed by atoms with Crippen molar-refractivity contribution in [2.45, 2.75) is 37.7 Å². The van der Waals surface area contributed by atoms with Crippen molar-refractivity contribution in [3.63, 3.8) is 0 Å². The molecule has 0 spiro atoms. The Morgan fingerprint density at radius 3 is 2.61 bits per heavy atom. The lowest BCUT2D eigenvalue weighted by molar-refractivity contribution is 0.487. The Morgan fingerprint density at radius 2 is 1.96 bits per heavy atom. The molecule has 124 valence electrons. The molecule has 1 aliphatic rings. The summed E-state index contributed by atoms with van der Waals surface area (Å²) in [5.74, 6) is 0.444. The summed E-state index contributed by atoms with van der Waals surface area (Å²) in [6.07, 6.45) is 1.62. The van der Waals surface area contributed by atoms with Gasteiger partial charge in [0.1, 0.15) is 10.9 Å². The summed E-state index contributed by atoms with van der Waals surface area (Å²) >= 11 is 0. The van der Waals surface area contributed by atoms with Gasteiger partial charge in [-0.1, -0.05) is 6.07 Å². The fraction of sp³-hybridized carbons (Fsp3) is 0.462. The highest BCUT2D eigenvalue weighted by molar-refractivity contribution is 7.90. The van der Waals surface area contributed by atoms with E-state index in [1.54, 1.807) is 24.4 Å². The first kappa shape index (κ1) is 16.0. The molecule has 10 heteroatoms. The van der Waals surface area contributed by atoms with E-state index in [0.29, 0.717) is 5.69 Å². The number of sulfonamides is 1. The van der Waals surface area contributed by atoms with Crippen molar-refractivity contribution in [1.29, 1.82) is 0 Å². The SMILES string of the molecule is CC1NNC(C)C1S(=O)(=O)NCc1nnc(-c2ccccn2)o1. The van der Waals surface area contributed by atoms with Gasteiger partial charge < -0.3 is 4.42 Å². The summed E-state index contributed by atoms with van der Waals surface area (Å²) in [5, 5.41) is 7.14. The molecule has 0 amide bonds. The van der Waals surface area contributed by atoms with Crippen molar-refractivity contribution in [1.82, 2.24) is 30.8 Å². The lowest BCUT2D eigenvalue weighted by Gasteiger charge is -2.18. The van der Waals surface area contributed by atoms with Crippen LogP contribution in [0.4, 0.5) is 0 Å². The second-order valence-corrected chi connectivity index (χ2v) is 7.34. The van der Waals surface area contributed by atoms with E-state index in [2.05, 4.69) is 30.8 Å². The maximum Gasteiger partial charge on any atom is 0.266 e. The van der Waals surface area contributed by atoms with Gasteiger partial charge in [-0.3, -0.25) is 15.8 Å². The van der Waals surface area contributed by atoms with Crippen LogP contribution in [0.5, 0.6) is 0 Å². The van der Waals surface area contributed by atoms with Gasteiger partial charge in [0.15, 0.2) is 0 Å². The van der Waals surface area contributed by atoms with E-state index in [1.807, 2.05) is 13.8 Å². The van der Waals surface area contributed by atoms with E-state index in [1.165, 1.54) is 0 Å². The average molecular weight is 338 g/mol. The zero-order valence-corrected chi connectivity index (χ0v) is 13.5. The molecule has 2 aromatic heterocycles. The second-order valence-electron chi connectivity index (χ2n) is 5.41. The highest BCUT2D eigenvalue weighted by Gasteiger charge is 2.40. The normalized spacial score (nSPS) is 24.9. The molecule has 0 aromatic carbocycles. The highest BCUT2D eigenvalue weighted by atomic mass is 32.2. The Kier molecular flexibility index (Phi) is 4.39. The molecule has 2 unspecified atom stereocenters. The highest BCUT2D eigenvalue weighted by Crippen LogP contribution is 2.16. The van der Waals surface area contributed by atoms with Crippen LogP contribution < -0.4 is 15.6 Å². The Balaban J connectivity index is 1.68. The molecule has 1 saturated heterocycles. The third-order valence-corrected chi connectivity index (χ3v) is 5.74. The van der Waals surface area contributed by atoms with Gasteiger partial charge in [-0.2, -0.15) is 0 Å². The van der Waals surface area contributed by atoms with E-state index in [0.717, 1.165) is 0 Å². The number of aromatic nitrogens is 3. The minimum atomic E-state index is -3.53. The number of nitrogens with one attached hydrogen (secondary N) is 3. The molecule has 3 N–H and O–H groups in total. The van der Waals surface area contributed by atoms with Crippen LogP contribution in [0.2, 0.25) is 0 Å². The Labute approximate surface area is 133 Å². The van der Waals surface area contributed by atoms with E-state index in [4.69, 9.17) is 4.42 Å². The largest absolute Gasteiger partial charge is 0.418 e. The second kappa shape index (κ2) is 6.32. The van der Waals surface area contributed by atoms with E-state index in [-0.39, 0.29) is 30.4 Å². The average Bonchev–Trinajstić information content (AvgIpc) is 3.13. The summed E-state index contributed by atoms with van der Waals surface area (Å²) in [6, 6.07) is 4.92. The smallest absolute Gasteiger partial charge is 0.266 e.